The first kappa shape index (κ1) is 12.6. The van der Waals surface area contributed by atoms with Crippen molar-refractivity contribution in [3.05, 3.63) is 36.4 Å². The molecule has 0 radical (unpaired) electrons. The molecule has 6 heteroatoms. The Balaban J connectivity index is 1.62. The third kappa shape index (κ3) is 4.21. The largest absolute Gasteiger partial charge is 0.306 e. The van der Waals surface area contributed by atoms with Gasteiger partial charge in [-0.05, 0) is 42.6 Å². The second-order valence-corrected chi connectivity index (χ2v) is 4.30. The van der Waals surface area contributed by atoms with Crippen LogP contribution in [-0.4, -0.2) is 50.2 Å². The fraction of sp³-hybridized carbons (Fsp3) is 0.500. The Hall–Kier alpha value is -1.82. The molecule has 0 bridgehead atoms. The fourth-order valence-corrected chi connectivity index (χ4v) is 1.75. The van der Waals surface area contributed by atoms with Crippen molar-refractivity contribution >= 4 is 0 Å². The summed E-state index contributed by atoms with van der Waals surface area (Å²) in [6.45, 7) is 2.92. The SMILES string of the molecule is CN(CCCn1cnnn1)CCc1ccccn1. The van der Waals surface area contributed by atoms with Gasteiger partial charge in [-0.3, -0.25) is 4.98 Å². The lowest BCUT2D eigenvalue weighted by molar-refractivity contribution is 0.320. The lowest BCUT2D eigenvalue weighted by atomic mass is 10.2. The zero-order chi connectivity index (χ0) is 12.6. The molecule has 0 spiro atoms. The average molecular weight is 246 g/mol. The molecule has 6 nitrogen and oxygen atoms in total. The van der Waals surface area contributed by atoms with Gasteiger partial charge in [0.15, 0.2) is 0 Å². The molecule has 2 aromatic rings. The molecule has 0 saturated carbocycles. The van der Waals surface area contributed by atoms with Crippen molar-refractivity contribution in [2.45, 2.75) is 19.4 Å². The Morgan fingerprint density at radius 1 is 1.28 bits per heavy atom. The van der Waals surface area contributed by atoms with Crippen molar-refractivity contribution < 1.29 is 0 Å². The van der Waals surface area contributed by atoms with Crippen molar-refractivity contribution in [1.82, 2.24) is 30.1 Å². The van der Waals surface area contributed by atoms with Crippen LogP contribution in [0.4, 0.5) is 0 Å². The summed E-state index contributed by atoms with van der Waals surface area (Å²) in [6, 6.07) is 6.04. The zero-order valence-corrected chi connectivity index (χ0v) is 10.6. The number of pyridine rings is 1. The second kappa shape index (κ2) is 6.80. The Morgan fingerprint density at radius 2 is 2.22 bits per heavy atom. The monoisotopic (exact) mass is 246 g/mol. The minimum Gasteiger partial charge on any atom is -0.306 e. The van der Waals surface area contributed by atoms with Crippen molar-refractivity contribution in [2.75, 3.05) is 20.1 Å². The van der Waals surface area contributed by atoms with Gasteiger partial charge in [-0.1, -0.05) is 6.07 Å². The molecule has 0 fully saturated rings. The molecular weight excluding hydrogens is 228 g/mol. The zero-order valence-electron chi connectivity index (χ0n) is 10.6. The average Bonchev–Trinajstić information content (AvgIpc) is 2.91. The standard InChI is InChI=1S/C12H18N6/c1-17(8-4-9-18-11-14-15-16-18)10-6-12-5-2-3-7-13-12/h2-3,5,7,11H,4,6,8-10H2,1H3. The van der Waals surface area contributed by atoms with E-state index in [9.17, 15) is 0 Å². The van der Waals surface area contributed by atoms with E-state index in [1.54, 1.807) is 11.0 Å². The molecule has 18 heavy (non-hydrogen) atoms. The number of hydrogen-bond donors (Lipinski definition) is 0. The van der Waals surface area contributed by atoms with Crippen LogP contribution in [0.15, 0.2) is 30.7 Å². The van der Waals surface area contributed by atoms with Gasteiger partial charge >= 0.3 is 0 Å². The van der Waals surface area contributed by atoms with E-state index in [1.807, 2.05) is 18.3 Å². The molecule has 2 rings (SSSR count). The molecule has 2 heterocycles. The third-order valence-corrected chi connectivity index (χ3v) is 2.79. The number of likely N-dealkylation sites (N-methyl/N-ethyl adjacent to an activating group) is 1. The second-order valence-electron chi connectivity index (χ2n) is 4.30. The van der Waals surface area contributed by atoms with Crippen LogP contribution in [0.2, 0.25) is 0 Å². The van der Waals surface area contributed by atoms with Gasteiger partial charge in [-0.25, -0.2) is 4.68 Å². The van der Waals surface area contributed by atoms with E-state index in [2.05, 4.69) is 38.5 Å². The highest BCUT2D eigenvalue weighted by Gasteiger charge is 2.00. The van der Waals surface area contributed by atoms with Crippen molar-refractivity contribution in [3.63, 3.8) is 0 Å². The number of nitrogens with zero attached hydrogens (tertiary/aromatic N) is 6. The fourth-order valence-electron chi connectivity index (χ4n) is 1.75. The summed E-state index contributed by atoms with van der Waals surface area (Å²) in [5, 5.41) is 11.0. The molecule has 0 amide bonds. The van der Waals surface area contributed by atoms with Crippen LogP contribution in [0.5, 0.6) is 0 Å². The van der Waals surface area contributed by atoms with Gasteiger partial charge in [-0.2, -0.15) is 0 Å². The van der Waals surface area contributed by atoms with Gasteiger partial charge in [0, 0.05) is 31.4 Å². The molecule has 0 aliphatic rings. The summed E-state index contributed by atoms with van der Waals surface area (Å²) < 4.78 is 1.76. The highest BCUT2D eigenvalue weighted by molar-refractivity contribution is 5.03. The molecule has 0 saturated heterocycles. The van der Waals surface area contributed by atoms with Crippen molar-refractivity contribution in [1.29, 1.82) is 0 Å². The lowest BCUT2D eigenvalue weighted by Gasteiger charge is -2.15. The summed E-state index contributed by atoms with van der Waals surface area (Å²) in [4.78, 5) is 6.62. The van der Waals surface area contributed by atoms with Crippen LogP contribution >= 0.6 is 0 Å². The summed E-state index contributed by atoms with van der Waals surface area (Å²) >= 11 is 0. The molecule has 96 valence electrons. The minimum absolute atomic E-state index is 0.862. The summed E-state index contributed by atoms with van der Waals surface area (Å²) in [7, 11) is 2.13. The van der Waals surface area contributed by atoms with Crippen molar-refractivity contribution in [3.8, 4) is 0 Å². The molecule has 0 unspecified atom stereocenters. The first-order valence-corrected chi connectivity index (χ1v) is 6.14. The van der Waals surface area contributed by atoms with Gasteiger partial charge in [-0.15, -0.1) is 5.10 Å². The van der Waals surface area contributed by atoms with Gasteiger partial charge < -0.3 is 4.90 Å². The lowest BCUT2D eigenvalue weighted by Crippen LogP contribution is -2.23. The molecule has 0 N–H and O–H groups in total. The van der Waals surface area contributed by atoms with Crippen LogP contribution in [0.1, 0.15) is 12.1 Å². The number of aryl methyl sites for hydroxylation is 1. The Labute approximate surface area is 107 Å². The van der Waals surface area contributed by atoms with Crippen LogP contribution in [0, 0.1) is 0 Å². The Bertz CT molecular complexity index is 427. The Kier molecular flexibility index (Phi) is 4.78. The molecule has 0 atom stereocenters. The quantitative estimate of drug-likeness (QED) is 0.717. The van der Waals surface area contributed by atoms with Crippen LogP contribution in [-0.2, 0) is 13.0 Å². The third-order valence-electron chi connectivity index (χ3n) is 2.79. The highest BCUT2D eigenvalue weighted by atomic mass is 15.5. The molecule has 2 aromatic heterocycles. The predicted octanol–water partition coefficient (Wildman–Crippen LogP) is 0.633. The molecule has 0 aliphatic heterocycles. The maximum Gasteiger partial charge on any atom is 0.138 e. The van der Waals surface area contributed by atoms with Crippen LogP contribution in [0.3, 0.4) is 0 Å². The maximum atomic E-state index is 4.31. The number of tetrazole rings is 1. The van der Waals surface area contributed by atoms with Crippen LogP contribution in [0.25, 0.3) is 0 Å². The van der Waals surface area contributed by atoms with E-state index >= 15 is 0 Å². The van der Waals surface area contributed by atoms with E-state index < -0.39 is 0 Å². The van der Waals surface area contributed by atoms with Gasteiger partial charge in [0.05, 0.1) is 0 Å². The van der Waals surface area contributed by atoms with E-state index in [0.717, 1.165) is 38.2 Å². The highest BCUT2D eigenvalue weighted by Crippen LogP contribution is 1.97. The number of rotatable bonds is 7. The summed E-state index contributed by atoms with van der Waals surface area (Å²) in [5.41, 5.74) is 1.14. The van der Waals surface area contributed by atoms with Crippen LogP contribution < -0.4 is 0 Å². The first-order valence-electron chi connectivity index (χ1n) is 6.14. The van der Waals surface area contributed by atoms with Gasteiger partial charge in [0.2, 0.25) is 0 Å². The van der Waals surface area contributed by atoms with Gasteiger partial charge in [0.1, 0.15) is 6.33 Å². The Morgan fingerprint density at radius 3 is 2.94 bits per heavy atom. The molecule has 0 aliphatic carbocycles. The predicted molar refractivity (Wildman–Crippen MR) is 67.9 cm³/mol. The summed E-state index contributed by atoms with van der Waals surface area (Å²) in [6.07, 6.45) is 5.52. The van der Waals surface area contributed by atoms with E-state index in [1.165, 1.54) is 0 Å². The minimum atomic E-state index is 0.862. The number of aromatic nitrogens is 5. The normalized spacial score (nSPS) is 11.0. The van der Waals surface area contributed by atoms with E-state index in [4.69, 9.17) is 0 Å². The van der Waals surface area contributed by atoms with Crippen molar-refractivity contribution in [2.24, 2.45) is 0 Å². The molecular formula is C12H18N6. The first-order chi connectivity index (χ1) is 8.84. The molecule has 0 aromatic carbocycles. The summed E-state index contributed by atoms with van der Waals surface area (Å²) in [5.74, 6) is 0. The smallest absolute Gasteiger partial charge is 0.138 e. The van der Waals surface area contributed by atoms with E-state index in [-0.39, 0.29) is 0 Å². The topological polar surface area (TPSA) is 59.7 Å². The van der Waals surface area contributed by atoms with Gasteiger partial charge in [0.25, 0.3) is 0 Å². The number of hydrogen-bond acceptors (Lipinski definition) is 5. The van der Waals surface area contributed by atoms with E-state index in [0.29, 0.717) is 0 Å². The maximum absolute atomic E-state index is 4.31.